The van der Waals surface area contributed by atoms with Crippen LogP contribution in [0.1, 0.15) is 5.56 Å². The summed E-state index contributed by atoms with van der Waals surface area (Å²) < 4.78 is 36.2. The number of aromatic hydroxyl groups is 1. The van der Waals surface area contributed by atoms with Crippen LogP contribution in [-0.2, 0) is 0 Å². The third-order valence-corrected chi connectivity index (χ3v) is 1.54. The first-order valence-corrected chi connectivity index (χ1v) is 3.40. The second kappa shape index (κ2) is 4.84. The van der Waals surface area contributed by atoms with Crippen LogP contribution in [0.15, 0.2) is 18.2 Å². The van der Waals surface area contributed by atoms with E-state index in [9.17, 15) is 12.9 Å². The summed E-state index contributed by atoms with van der Waals surface area (Å²) in [6, 6.07) is 3.32. The van der Waals surface area contributed by atoms with Crippen LogP contribution >= 0.6 is 0 Å². The van der Waals surface area contributed by atoms with Crippen LogP contribution in [0.5, 0.6) is 5.75 Å². The van der Waals surface area contributed by atoms with Crippen molar-refractivity contribution in [2.24, 2.45) is 0 Å². The Hall–Kier alpha value is 0.511. The molecule has 0 aliphatic heterocycles. The van der Waals surface area contributed by atoms with Gasteiger partial charge in [0.1, 0.15) is 0 Å². The van der Waals surface area contributed by atoms with Crippen LogP contribution in [0.4, 0.5) is 12.9 Å². The van der Waals surface area contributed by atoms with E-state index in [0.717, 1.165) is 12.1 Å². The summed E-state index contributed by atoms with van der Waals surface area (Å²) in [5.74, 6) is -0.692. The Balaban J connectivity index is 0.00000144. The number of hydrogen-bond acceptors (Lipinski definition) is 1. The van der Waals surface area contributed by atoms with E-state index < -0.39 is 18.2 Å². The number of hydrogen-bond donors (Lipinski definition) is 1. The van der Waals surface area contributed by atoms with Gasteiger partial charge in [-0.3, -0.25) is 0 Å². The molecular formula is C7H7BF3KO. The molecule has 0 saturated heterocycles. The molecule has 0 fully saturated rings. The van der Waals surface area contributed by atoms with E-state index >= 15 is 0 Å². The van der Waals surface area contributed by atoms with Crippen LogP contribution < -0.4 is 56.8 Å². The SMILES string of the molecule is Cc1ccc([B-](F)(F)F)c(O)c1.[K+]. The topological polar surface area (TPSA) is 20.2 Å². The first-order valence-electron chi connectivity index (χ1n) is 3.40. The van der Waals surface area contributed by atoms with Gasteiger partial charge in [0, 0.05) is 0 Å². The Morgan fingerprint density at radius 1 is 1.23 bits per heavy atom. The summed E-state index contributed by atoms with van der Waals surface area (Å²) in [7, 11) is 0. The largest absolute Gasteiger partial charge is 1.00 e. The molecule has 0 spiro atoms. The first kappa shape index (κ1) is 13.5. The van der Waals surface area contributed by atoms with Crippen molar-refractivity contribution in [2.75, 3.05) is 0 Å². The molecule has 66 valence electrons. The zero-order valence-corrected chi connectivity index (χ0v) is 10.5. The molecule has 0 bridgehead atoms. The van der Waals surface area contributed by atoms with E-state index in [2.05, 4.69) is 0 Å². The van der Waals surface area contributed by atoms with Gasteiger partial charge in [-0.05, 0) is 18.6 Å². The molecule has 0 saturated carbocycles. The predicted molar refractivity (Wildman–Crippen MR) is 41.6 cm³/mol. The summed E-state index contributed by atoms with van der Waals surface area (Å²) in [6.45, 7) is -3.48. The number of halogens is 3. The van der Waals surface area contributed by atoms with Crippen molar-refractivity contribution in [3.63, 3.8) is 0 Å². The fraction of sp³-hybridized carbons (Fsp3) is 0.143. The molecule has 0 radical (unpaired) electrons. The standard InChI is InChI=1S/C7H7BF3O.K/c1-5-2-3-6(7(12)4-5)8(9,10)11;/h2-4,12H,1H3;/q-1;+1. The minimum atomic E-state index is -5.09. The van der Waals surface area contributed by atoms with Crippen molar-refractivity contribution < 1.29 is 69.4 Å². The van der Waals surface area contributed by atoms with Gasteiger partial charge in [0.25, 0.3) is 0 Å². The van der Waals surface area contributed by atoms with Gasteiger partial charge in [0.15, 0.2) is 0 Å². The summed E-state index contributed by atoms with van der Waals surface area (Å²) in [4.78, 5) is 0. The summed E-state index contributed by atoms with van der Waals surface area (Å²) >= 11 is 0. The average Bonchev–Trinajstić information content (AvgIpc) is 1.83. The van der Waals surface area contributed by atoms with Gasteiger partial charge in [-0.2, -0.15) is 0 Å². The molecule has 6 heteroatoms. The Morgan fingerprint density at radius 3 is 2.15 bits per heavy atom. The maximum Gasteiger partial charge on any atom is 1.00 e. The van der Waals surface area contributed by atoms with Crippen LogP contribution in [0.2, 0.25) is 0 Å². The number of phenolic OH excluding ortho intramolecular Hbond substituents is 1. The van der Waals surface area contributed by atoms with Crippen LogP contribution in [-0.4, -0.2) is 12.1 Å². The Kier molecular flexibility index (Phi) is 5.03. The summed E-state index contributed by atoms with van der Waals surface area (Å²) in [5.41, 5.74) is -0.322. The number of aryl methyl sites for hydroxylation is 1. The predicted octanol–water partition coefficient (Wildman–Crippen LogP) is -1.24. The molecule has 0 amide bonds. The fourth-order valence-corrected chi connectivity index (χ4v) is 0.930. The monoisotopic (exact) mass is 214 g/mol. The van der Waals surface area contributed by atoms with Crippen LogP contribution in [0, 0.1) is 6.92 Å². The van der Waals surface area contributed by atoms with E-state index in [1.54, 1.807) is 6.92 Å². The average molecular weight is 214 g/mol. The van der Waals surface area contributed by atoms with Crippen LogP contribution in [0.25, 0.3) is 0 Å². The van der Waals surface area contributed by atoms with Gasteiger partial charge >= 0.3 is 58.4 Å². The van der Waals surface area contributed by atoms with Gasteiger partial charge < -0.3 is 18.1 Å². The van der Waals surface area contributed by atoms with E-state index in [1.807, 2.05) is 0 Å². The third-order valence-electron chi connectivity index (χ3n) is 1.54. The number of phenols is 1. The minimum absolute atomic E-state index is 0. The molecule has 1 N–H and O–H groups in total. The van der Waals surface area contributed by atoms with Crippen molar-refractivity contribution in [3.05, 3.63) is 23.8 Å². The summed E-state index contributed by atoms with van der Waals surface area (Å²) in [5, 5.41) is 8.92. The smallest absolute Gasteiger partial charge is 0.511 e. The molecular weight excluding hydrogens is 207 g/mol. The van der Waals surface area contributed by atoms with E-state index in [1.165, 1.54) is 6.07 Å². The molecule has 1 nitrogen and oxygen atoms in total. The Labute approximate surface area is 117 Å². The summed E-state index contributed by atoms with van der Waals surface area (Å²) in [6.07, 6.45) is 0. The van der Waals surface area contributed by atoms with Gasteiger partial charge in [0.2, 0.25) is 0 Å². The van der Waals surface area contributed by atoms with Crippen molar-refractivity contribution in [3.8, 4) is 5.75 Å². The van der Waals surface area contributed by atoms with Crippen molar-refractivity contribution in [1.29, 1.82) is 0 Å². The zero-order valence-electron chi connectivity index (χ0n) is 7.39. The van der Waals surface area contributed by atoms with Gasteiger partial charge in [-0.25, -0.2) is 0 Å². The molecule has 0 heterocycles. The molecule has 1 rings (SSSR count). The third kappa shape index (κ3) is 3.63. The van der Waals surface area contributed by atoms with E-state index in [-0.39, 0.29) is 51.4 Å². The van der Waals surface area contributed by atoms with Gasteiger partial charge in [-0.15, -0.1) is 0 Å². The molecule has 1 aromatic rings. The molecule has 0 unspecified atom stereocenters. The second-order valence-corrected chi connectivity index (χ2v) is 2.64. The van der Waals surface area contributed by atoms with Crippen LogP contribution in [0.3, 0.4) is 0 Å². The molecule has 13 heavy (non-hydrogen) atoms. The number of benzene rings is 1. The quantitative estimate of drug-likeness (QED) is 0.580. The van der Waals surface area contributed by atoms with Crippen molar-refractivity contribution >= 4 is 12.4 Å². The molecule has 1 aromatic carbocycles. The first-order chi connectivity index (χ1) is 5.41. The van der Waals surface area contributed by atoms with Crippen molar-refractivity contribution in [1.82, 2.24) is 0 Å². The number of rotatable bonds is 1. The Morgan fingerprint density at radius 2 is 1.77 bits per heavy atom. The maximum atomic E-state index is 12.1. The van der Waals surface area contributed by atoms with E-state index in [4.69, 9.17) is 5.11 Å². The van der Waals surface area contributed by atoms with E-state index in [0.29, 0.717) is 5.56 Å². The molecule has 0 aliphatic rings. The maximum absolute atomic E-state index is 12.1. The minimum Gasteiger partial charge on any atom is -0.511 e. The molecule has 0 atom stereocenters. The molecule has 0 aliphatic carbocycles. The normalized spacial score (nSPS) is 10.8. The van der Waals surface area contributed by atoms with Gasteiger partial charge in [-0.1, -0.05) is 17.6 Å². The molecule has 0 aromatic heterocycles. The van der Waals surface area contributed by atoms with Gasteiger partial charge in [0.05, 0.1) is 5.75 Å². The zero-order chi connectivity index (χ0) is 9.35. The van der Waals surface area contributed by atoms with Crippen molar-refractivity contribution in [2.45, 2.75) is 6.92 Å². The fourth-order valence-electron chi connectivity index (χ4n) is 0.930. The Bertz CT molecular complexity index is 300. The second-order valence-electron chi connectivity index (χ2n) is 2.64.